The fraction of sp³-hybridized carbons (Fsp3) is 1.00. The highest BCUT2D eigenvalue weighted by molar-refractivity contribution is 7.57. The molecule has 0 rings (SSSR count). The molecule has 0 radical (unpaired) electrons. The number of rotatable bonds is 11. The summed E-state index contributed by atoms with van der Waals surface area (Å²) < 4.78 is 32.3. The van der Waals surface area contributed by atoms with E-state index in [4.69, 9.17) is 24.1 Å². The molecule has 116 valence electrons. The van der Waals surface area contributed by atoms with E-state index in [0.717, 1.165) is 0 Å². The molecule has 1 unspecified atom stereocenters. The van der Waals surface area contributed by atoms with Gasteiger partial charge in [0, 0.05) is 7.11 Å². The first-order valence-corrected chi connectivity index (χ1v) is 8.13. The van der Waals surface area contributed by atoms with Gasteiger partial charge in [-0.15, -0.1) is 0 Å². The zero-order chi connectivity index (χ0) is 14.9. The van der Waals surface area contributed by atoms with Gasteiger partial charge in [-0.2, -0.15) is 0 Å². The minimum atomic E-state index is -3.67. The Balaban J connectivity index is 4.28. The van der Waals surface area contributed by atoms with Crippen molar-refractivity contribution < 1.29 is 33.5 Å². The number of hydrogen-bond acceptors (Lipinski definition) is 6. The Labute approximate surface area is 114 Å². The third-order valence-corrected chi connectivity index (χ3v) is 3.03. The summed E-state index contributed by atoms with van der Waals surface area (Å²) in [6.07, 6.45) is -2.32. The molecule has 0 aliphatic heterocycles. The lowest BCUT2D eigenvalue weighted by Crippen LogP contribution is -2.31. The molecule has 7 nitrogen and oxygen atoms in total. The molecule has 8 heteroatoms. The maximum absolute atomic E-state index is 11.3. The van der Waals surface area contributed by atoms with E-state index in [0.29, 0.717) is 6.61 Å². The first kappa shape index (κ1) is 19.0. The van der Waals surface area contributed by atoms with Crippen LogP contribution in [-0.2, 0) is 23.5 Å². The van der Waals surface area contributed by atoms with Gasteiger partial charge in [-0.1, -0.05) is 0 Å². The lowest BCUT2D eigenvalue weighted by molar-refractivity contribution is -0.197. The van der Waals surface area contributed by atoms with E-state index >= 15 is 0 Å². The van der Waals surface area contributed by atoms with E-state index in [1.807, 2.05) is 13.8 Å². The van der Waals surface area contributed by atoms with Gasteiger partial charge in [0.25, 0.3) is 0 Å². The fourth-order valence-electron chi connectivity index (χ4n) is 1.17. The first-order chi connectivity index (χ1) is 8.80. The van der Waals surface area contributed by atoms with Crippen LogP contribution in [0, 0.1) is 0 Å². The lowest BCUT2D eigenvalue weighted by Gasteiger charge is -2.24. The quantitative estimate of drug-likeness (QED) is 0.434. The van der Waals surface area contributed by atoms with Crippen LogP contribution < -0.4 is 0 Å². The Morgan fingerprint density at radius 3 is 2.26 bits per heavy atom. The Hall–Kier alpha value is -0.0100. The van der Waals surface area contributed by atoms with Gasteiger partial charge in [0.1, 0.15) is 12.7 Å². The van der Waals surface area contributed by atoms with E-state index in [1.54, 1.807) is 14.0 Å². The maximum Gasteiger partial charge on any atom is 0.250 e. The number of hydrogen-bond donors (Lipinski definition) is 2. The van der Waals surface area contributed by atoms with E-state index in [-0.39, 0.29) is 18.8 Å². The van der Waals surface area contributed by atoms with Crippen LogP contribution in [0.1, 0.15) is 20.8 Å². The summed E-state index contributed by atoms with van der Waals surface area (Å²) in [5, 5.41) is 8.71. The second-order valence-corrected chi connectivity index (χ2v) is 6.73. The van der Waals surface area contributed by atoms with Crippen molar-refractivity contribution in [2.45, 2.75) is 39.3 Å². The molecule has 2 N–H and O–H groups in total. The van der Waals surface area contributed by atoms with Crippen LogP contribution in [0.3, 0.4) is 0 Å². The molecular formula is C11H25O7P. The lowest BCUT2D eigenvalue weighted by atomic mass is 10.4. The normalized spacial score (nSPS) is 18.3. The highest BCUT2D eigenvalue weighted by Gasteiger charge is 2.22. The largest absolute Gasteiger partial charge is 0.386 e. The van der Waals surface area contributed by atoms with Crippen LogP contribution in [0.4, 0.5) is 0 Å². The molecular weight excluding hydrogens is 275 g/mol. The van der Waals surface area contributed by atoms with Crippen LogP contribution in [-0.4, -0.2) is 61.5 Å². The molecule has 0 heterocycles. The molecule has 0 spiro atoms. The Morgan fingerprint density at radius 2 is 1.79 bits per heavy atom. The summed E-state index contributed by atoms with van der Waals surface area (Å²) in [4.78, 5) is 9.25. The predicted molar refractivity (Wildman–Crippen MR) is 70.2 cm³/mol. The van der Waals surface area contributed by atoms with Gasteiger partial charge in [0.15, 0.2) is 6.29 Å². The number of aliphatic hydroxyl groups is 1. The molecule has 0 bridgehead atoms. The molecule has 0 aromatic rings. The molecule has 0 saturated carbocycles. The zero-order valence-corrected chi connectivity index (χ0v) is 12.8. The summed E-state index contributed by atoms with van der Waals surface area (Å²) in [5.41, 5.74) is 0. The van der Waals surface area contributed by atoms with E-state index < -0.39 is 26.4 Å². The van der Waals surface area contributed by atoms with Crippen molar-refractivity contribution in [2.24, 2.45) is 0 Å². The Bertz CT molecular complexity index is 272. The van der Waals surface area contributed by atoms with Gasteiger partial charge < -0.3 is 28.9 Å². The van der Waals surface area contributed by atoms with E-state index in [9.17, 15) is 9.46 Å². The van der Waals surface area contributed by atoms with Crippen LogP contribution in [0.25, 0.3) is 0 Å². The Morgan fingerprint density at radius 1 is 1.16 bits per heavy atom. The van der Waals surface area contributed by atoms with Crippen molar-refractivity contribution in [3.63, 3.8) is 0 Å². The first-order valence-electron chi connectivity index (χ1n) is 6.10. The van der Waals surface area contributed by atoms with Gasteiger partial charge in [-0.3, -0.25) is 4.57 Å². The van der Waals surface area contributed by atoms with Crippen LogP contribution in [0.5, 0.6) is 0 Å². The van der Waals surface area contributed by atoms with Crippen molar-refractivity contribution in [2.75, 3.05) is 33.0 Å². The average Bonchev–Trinajstić information content (AvgIpc) is 2.33. The van der Waals surface area contributed by atoms with Gasteiger partial charge in [0.2, 0.25) is 7.37 Å². The third kappa shape index (κ3) is 10.4. The minimum Gasteiger partial charge on any atom is -0.386 e. The molecule has 0 fully saturated rings. The predicted octanol–water partition coefficient (Wildman–Crippen LogP) is 0.983. The molecule has 0 saturated heterocycles. The van der Waals surface area contributed by atoms with Gasteiger partial charge in [-0.05, 0) is 20.8 Å². The second kappa shape index (κ2) is 9.83. The van der Waals surface area contributed by atoms with Gasteiger partial charge in [0.05, 0.1) is 25.4 Å². The zero-order valence-electron chi connectivity index (χ0n) is 11.9. The third-order valence-electron chi connectivity index (χ3n) is 2.03. The summed E-state index contributed by atoms with van der Waals surface area (Å²) in [6.45, 7) is 6.02. The average molecular weight is 300 g/mol. The van der Waals surface area contributed by atoms with E-state index in [1.165, 1.54) is 0 Å². The number of methoxy groups -OCH3 is 1. The molecule has 0 aliphatic rings. The van der Waals surface area contributed by atoms with Gasteiger partial charge in [-0.25, -0.2) is 0 Å². The number of ether oxygens (including phenoxy) is 4. The summed E-state index contributed by atoms with van der Waals surface area (Å²) in [5.74, 6) is 0. The van der Waals surface area contributed by atoms with Crippen LogP contribution >= 0.6 is 7.37 Å². The van der Waals surface area contributed by atoms with Crippen molar-refractivity contribution in [3.05, 3.63) is 0 Å². The van der Waals surface area contributed by atoms with Crippen molar-refractivity contribution in [3.8, 4) is 0 Å². The fourth-order valence-corrected chi connectivity index (χ4v) is 1.65. The van der Waals surface area contributed by atoms with Gasteiger partial charge >= 0.3 is 0 Å². The topological polar surface area (TPSA) is 94.5 Å². The molecule has 0 aliphatic carbocycles. The highest BCUT2D eigenvalue weighted by atomic mass is 31.2. The minimum absolute atomic E-state index is 0.00814. The van der Waals surface area contributed by atoms with Crippen LogP contribution in [0.2, 0.25) is 0 Å². The van der Waals surface area contributed by atoms with Crippen molar-refractivity contribution >= 4 is 7.37 Å². The highest BCUT2D eigenvalue weighted by Crippen LogP contribution is 2.39. The second-order valence-electron chi connectivity index (χ2n) is 4.50. The van der Waals surface area contributed by atoms with Crippen molar-refractivity contribution in [1.82, 2.24) is 0 Å². The SMILES string of the molecule is COC[C@H](C)O[C@H](COC(C)C)OCP(=O)(O)CO. The molecule has 0 aromatic carbocycles. The van der Waals surface area contributed by atoms with Crippen molar-refractivity contribution in [1.29, 1.82) is 0 Å². The molecule has 0 amide bonds. The molecule has 19 heavy (non-hydrogen) atoms. The monoisotopic (exact) mass is 300 g/mol. The van der Waals surface area contributed by atoms with E-state index in [2.05, 4.69) is 0 Å². The Kier molecular flexibility index (Phi) is 9.82. The summed E-state index contributed by atoms with van der Waals surface area (Å²) in [7, 11) is -2.12. The standard InChI is InChI=1S/C11H25O7P/c1-9(2)16-6-11(18-10(3)5-15-4)17-8-19(13,14)7-12/h9-12H,5-8H2,1-4H3,(H,13,14)/t10-,11+/m0/s1. The number of aliphatic hydroxyl groups excluding tert-OH is 1. The summed E-state index contributed by atoms with van der Waals surface area (Å²) >= 11 is 0. The smallest absolute Gasteiger partial charge is 0.250 e. The summed E-state index contributed by atoms with van der Waals surface area (Å²) in [6, 6.07) is 0. The maximum atomic E-state index is 11.3. The van der Waals surface area contributed by atoms with Crippen LogP contribution in [0.15, 0.2) is 0 Å². The molecule has 0 aromatic heterocycles. The molecule has 3 atom stereocenters.